The number of nitrogens with zero attached hydrogens (tertiary/aromatic N) is 2. The summed E-state index contributed by atoms with van der Waals surface area (Å²) in [6, 6.07) is 24.9. The zero-order valence-corrected chi connectivity index (χ0v) is 36.6. The summed E-state index contributed by atoms with van der Waals surface area (Å²) >= 11 is 0. The smallest absolute Gasteiger partial charge is 0.164 e. The number of allylic oxidation sites excluding steroid dienone is 2. The molecule has 2 heterocycles. The van der Waals surface area contributed by atoms with Gasteiger partial charge in [0.15, 0.2) is 5.78 Å². The Bertz CT molecular complexity index is 2270. The maximum absolute atomic E-state index is 12.2. The summed E-state index contributed by atoms with van der Waals surface area (Å²) < 4.78 is 6.35. The Kier molecular flexibility index (Phi) is 14.1. The molecule has 0 unspecified atom stereocenters. The van der Waals surface area contributed by atoms with E-state index in [9.17, 15) is 9.90 Å². The Morgan fingerprint density at radius 2 is 1.48 bits per heavy atom. The van der Waals surface area contributed by atoms with Gasteiger partial charge in [-0.25, -0.2) is 4.98 Å². The molecule has 6 rings (SSSR count). The number of para-hydroxylation sites is 1. The van der Waals surface area contributed by atoms with Crippen LogP contribution >= 0.6 is 0 Å². The van der Waals surface area contributed by atoms with Crippen LogP contribution in [0.5, 0.6) is 0 Å². The van der Waals surface area contributed by atoms with Crippen LogP contribution in [-0.4, -0.2) is 20.9 Å². The Labute approximate surface area is 336 Å². The number of aliphatic hydroxyl groups is 1. The van der Waals surface area contributed by atoms with E-state index in [0.29, 0.717) is 11.8 Å². The van der Waals surface area contributed by atoms with E-state index < -0.39 is 0 Å². The fourth-order valence-corrected chi connectivity index (χ4v) is 7.25. The van der Waals surface area contributed by atoms with Crippen molar-refractivity contribution in [3.63, 3.8) is 0 Å². The molecule has 0 saturated heterocycles. The normalized spacial score (nSPS) is 12.5. The average Bonchev–Trinajstić information content (AvgIpc) is 3.52. The molecule has 0 amide bonds. The molecule has 54 heavy (non-hydrogen) atoms. The van der Waals surface area contributed by atoms with Crippen LogP contribution in [0.2, 0.25) is 0 Å². The van der Waals surface area contributed by atoms with Gasteiger partial charge in [-0.15, -0.1) is 18.2 Å². The van der Waals surface area contributed by atoms with Crippen LogP contribution in [0.4, 0.5) is 0 Å². The molecule has 6 heteroatoms. The van der Waals surface area contributed by atoms with Crippen LogP contribution in [0.15, 0.2) is 76.9 Å². The van der Waals surface area contributed by atoms with E-state index in [4.69, 9.17) is 14.4 Å². The fourth-order valence-electron chi connectivity index (χ4n) is 7.25. The van der Waals surface area contributed by atoms with Gasteiger partial charge in [-0.05, 0) is 85.3 Å². The van der Waals surface area contributed by atoms with Gasteiger partial charge in [0.2, 0.25) is 0 Å². The van der Waals surface area contributed by atoms with Gasteiger partial charge in [-0.2, -0.15) is 0 Å². The molecule has 0 aliphatic heterocycles. The van der Waals surface area contributed by atoms with Crippen molar-refractivity contribution in [2.45, 2.75) is 115 Å². The van der Waals surface area contributed by atoms with E-state index in [1.165, 1.54) is 28.0 Å². The molecule has 289 valence electrons. The second-order valence-corrected chi connectivity index (χ2v) is 16.3. The summed E-state index contributed by atoms with van der Waals surface area (Å²) in [4.78, 5) is 22.1. The Balaban J connectivity index is 0.000000309. The second kappa shape index (κ2) is 17.7. The van der Waals surface area contributed by atoms with Gasteiger partial charge < -0.3 is 9.52 Å². The maximum atomic E-state index is 12.2. The second-order valence-electron chi connectivity index (χ2n) is 16.3. The van der Waals surface area contributed by atoms with Crippen LogP contribution < -0.4 is 0 Å². The standard InChI is InChI=1S/C33H31N2O.C15H28O2.Ir/c1-19(2)15-22-17-23-13-14-27-31(34-21(5)35-32(27)30(23)24(18-22)16-20(3)4)28-11-8-10-26-25-9-6-7-12-29(25)36-33(26)28;1-7-14(5,8-2)12(16)11-13(17)15(6,9-3)10-4;/h6-10,12-14,17-20H,15-16H2,1-5H3;11,16H,7-10H2,1-6H3;/q-1;;/b;12-11-;. The van der Waals surface area contributed by atoms with E-state index in [1.54, 1.807) is 0 Å². The van der Waals surface area contributed by atoms with Gasteiger partial charge in [0.1, 0.15) is 17.2 Å². The number of aryl methyl sites for hydroxylation is 1. The maximum Gasteiger partial charge on any atom is 0.164 e. The monoisotopic (exact) mass is 904 g/mol. The van der Waals surface area contributed by atoms with Crippen molar-refractivity contribution in [3.05, 3.63) is 95.5 Å². The summed E-state index contributed by atoms with van der Waals surface area (Å²) in [6.45, 7) is 23.2. The van der Waals surface area contributed by atoms with Crippen LogP contribution in [0.3, 0.4) is 0 Å². The topological polar surface area (TPSA) is 76.2 Å². The molecular weight excluding hydrogens is 845 g/mol. The molecule has 0 fully saturated rings. The third-order valence-corrected chi connectivity index (χ3v) is 11.5. The molecule has 1 N–H and O–H groups in total. The first kappa shape index (κ1) is 42.9. The minimum atomic E-state index is -0.337. The van der Waals surface area contributed by atoms with Crippen LogP contribution in [0.1, 0.15) is 112 Å². The largest absolute Gasteiger partial charge is 0.512 e. The number of fused-ring (bicyclic) bond motifs is 6. The predicted octanol–water partition coefficient (Wildman–Crippen LogP) is 13.5. The van der Waals surface area contributed by atoms with E-state index in [0.717, 1.165) is 88.4 Å². The van der Waals surface area contributed by atoms with Crippen LogP contribution in [0, 0.1) is 35.7 Å². The Morgan fingerprint density at radius 3 is 2.11 bits per heavy atom. The van der Waals surface area contributed by atoms with E-state index >= 15 is 0 Å². The minimum Gasteiger partial charge on any atom is -0.512 e. The number of aliphatic hydroxyl groups excluding tert-OH is 1. The van der Waals surface area contributed by atoms with Crippen molar-refractivity contribution in [1.82, 2.24) is 9.97 Å². The number of carbonyl (C=O) groups is 1. The molecule has 0 bridgehead atoms. The number of hydrogen-bond donors (Lipinski definition) is 1. The molecule has 4 aromatic carbocycles. The van der Waals surface area contributed by atoms with Crippen molar-refractivity contribution in [2.75, 3.05) is 0 Å². The van der Waals surface area contributed by atoms with Gasteiger partial charge in [-0.1, -0.05) is 123 Å². The van der Waals surface area contributed by atoms with Crippen molar-refractivity contribution in [2.24, 2.45) is 22.7 Å². The Hall–Kier alpha value is -3.86. The van der Waals surface area contributed by atoms with Gasteiger partial charge in [0.05, 0.1) is 11.1 Å². The molecule has 5 nitrogen and oxygen atoms in total. The van der Waals surface area contributed by atoms with Crippen molar-refractivity contribution >= 4 is 49.4 Å². The molecule has 0 saturated carbocycles. The first-order chi connectivity index (χ1) is 25.2. The van der Waals surface area contributed by atoms with E-state index in [1.807, 2.05) is 72.7 Å². The van der Waals surface area contributed by atoms with Gasteiger partial charge in [0, 0.05) is 53.5 Å². The number of carbonyl (C=O) groups excluding carboxylic acids is 1. The van der Waals surface area contributed by atoms with Crippen molar-refractivity contribution in [3.8, 4) is 11.3 Å². The van der Waals surface area contributed by atoms with Gasteiger partial charge >= 0.3 is 0 Å². The third kappa shape index (κ3) is 8.82. The minimum absolute atomic E-state index is 0. The number of furan rings is 1. The van der Waals surface area contributed by atoms with Crippen LogP contribution in [0.25, 0.3) is 54.9 Å². The van der Waals surface area contributed by atoms with E-state index in [2.05, 4.69) is 70.2 Å². The molecule has 0 aliphatic rings. The number of benzene rings is 4. The molecular formula is C48H59IrN2O3-. The molecule has 6 aromatic rings. The molecule has 0 atom stereocenters. The SMILES string of the molecule is CCC(C)(CC)C(=O)/C=C(\O)C(C)(CC)CC.Cc1nc(-c2[c-]ccc3c2oc2ccccc23)c2ccc3cc(CC(C)C)cc(CC(C)C)c3c2n1.[Ir]. The van der Waals surface area contributed by atoms with Gasteiger partial charge in [-0.3, -0.25) is 9.78 Å². The zero-order valence-electron chi connectivity index (χ0n) is 34.2. The predicted molar refractivity (Wildman–Crippen MR) is 224 cm³/mol. The number of aromatic nitrogens is 2. The summed E-state index contributed by atoms with van der Waals surface area (Å²) in [5.41, 5.74) is 6.67. The average molecular weight is 904 g/mol. The third-order valence-electron chi connectivity index (χ3n) is 11.5. The fraction of sp³-hybridized carbons (Fsp3) is 0.438. The summed E-state index contributed by atoms with van der Waals surface area (Å²) in [6.07, 6.45) is 6.85. The molecule has 0 aliphatic carbocycles. The zero-order chi connectivity index (χ0) is 38.7. The first-order valence-corrected chi connectivity index (χ1v) is 19.7. The van der Waals surface area contributed by atoms with E-state index in [-0.39, 0.29) is 42.5 Å². The van der Waals surface area contributed by atoms with Crippen molar-refractivity contribution < 1.29 is 34.4 Å². The van der Waals surface area contributed by atoms with Crippen molar-refractivity contribution in [1.29, 1.82) is 0 Å². The number of rotatable bonds is 12. The van der Waals surface area contributed by atoms with Gasteiger partial charge in [0.25, 0.3) is 0 Å². The quantitative estimate of drug-likeness (QED) is 0.0573. The van der Waals surface area contributed by atoms with Crippen LogP contribution in [-0.2, 0) is 37.7 Å². The summed E-state index contributed by atoms with van der Waals surface area (Å²) in [7, 11) is 0. The molecule has 0 spiro atoms. The first-order valence-electron chi connectivity index (χ1n) is 19.7. The number of hydrogen-bond acceptors (Lipinski definition) is 5. The molecule has 1 radical (unpaired) electrons. The molecule has 2 aromatic heterocycles. The Morgan fingerprint density at radius 1 is 0.833 bits per heavy atom. The summed E-state index contributed by atoms with van der Waals surface area (Å²) in [5, 5.41) is 15.9. The number of ketones is 1. The summed E-state index contributed by atoms with van der Waals surface area (Å²) in [5.74, 6) is 2.21.